The molecule has 3 aromatic rings. The molecule has 0 saturated heterocycles. The maximum atomic E-state index is 14.2. The van der Waals surface area contributed by atoms with E-state index in [0.29, 0.717) is 11.1 Å². The summed E-state index contributed by atoms with van der Waals surface area (Å²) in [6, 6.07) is 13.8. The van der Waals surface area contributed by atoms with Gasteiger partial charge in [-0.2, -0.15) is 13.2 Å². The van der Waals surface area contributed by atoms with Crippen molar-refractivity contribution in [3.63, 3.8) is 0 Å². The van der Waals surface area contributed by atoms with Crippen LogP contribution in [0.3, 0.4) is 0 Å². The van der Waals surface area contributed by atoms with Gasteiger partial charge in [0.25, 0.3) is 0 Å². The summed E-state index contributed by atoms with van der Waals surface area (Å²) in [6.45, 7) is 1.80. The minimum Gasteiger partial charge on any atom is -0.465 e. The van der Waals surface area contributed by atoms with E-state index in [1.807, 2.05) is 0 Å². The predicted molar refractivity (Wildman–Crippen MR) is 119 cm³/mol. The molecule has 178 valence electrons. The number of anilines is 2. The fraction of sp³-hybridized carbons (Fsp3) is 0.208. The van der Waals surface area contributed by atoms with Crippen molar-refractivity contribution in [3.8, 4) is 11.1 Å². The van der Waals surface area contributed by atoms with Crippen LogP contribution >= 0.6 is 0 Å². The summed E-state index contributed by atoms with van der Waals surface area (Å²) in [4.78, 5) is 27.8. The Morgan fingerprint density at radius 1 is 1.06 bits per heavy atom. The van der Waals surface area contributed by atoms with Crippen LogP contribution in [0.25, 0.3) is 11.1 Å². The van der Waals surface area contributed by atoms with Gasteiger partial charge in [0.05, 0.1) is 18.8 Å². The van der Waals surface area contributed by atoms with Crippen molar-refractivity contribution in [2.24, 2.45) is 0 Å². The molecule has 3 rings (SSSR count). The number of amides is 1. The molecule has 0 bridgehead atoms. The lowest BCUT2D eigenvalue weighted by atomic mass is 9.97. The topological polar surface area (TPSA) is 80.3 Å². The molecule has 0 radical (unpaired) electrons. The number of carbonyl (C=O) groups is 2. The fourth-order valence-corrected chi connectivity index (χ4v) is 3.31. The Kier molecular flexibility index (Phi) is 7.50. The molecule has 1 heterocycles. The number of rotatable bonds is 7. The van der Waals surface area contributed by atoms with Gasteiger partial charge in [-0.15, -0.1) is 0 Å². The first kappa shape index (κ1) is 24.7. The summed E-state index contributed by atoms with van der Waals surface area (Å²) >= 11 is 0. The molecule has 0 spiro atoms. The van der Waals surface area contributed by atoms with Crippen LogP contribution in [0.4, 0.5) is 29.1 Å². The summed E-state index contributed by atoms with van der Waals surface area (Å²) in [7, 11) is 1.17. The molecule has 1 unspecified atom stereocenters. The second kappa shape index (κ2) is 10.3. The lowest BCUT2D eigenvalue weighted by molar-refractivity contribution is -0.150. The zero-order valence-electron chi connectivity index (χ0n) is 18.2. The van der Waals surface area contributed by atoms with Gasteiger partial charge in [0.1, 0.15) is 23.6 Å². The third kappa shape index (κ3) is 6.09. The van der Waals surface area contributed by atoms with Crippen molar-refractivity contribution in [1.29, 1.82) is 0 Å². The summed E-state index contributed by atoms with van der Waals surface area (Å²) in [6.07, 6.45) is -4.79. The van der Waals surface area contributed by atoms with Crippen LogP contribution in [0.1, 0.15) is 35.3 Å². The van der Waals surface area contributed by atoms with Gasteiger partial charge in [-0.3, -0.25) is 4.79 Å². The van der Waals surface area contributed by atoms with Crippen LogP contribution in [-0.2, 0) is 9.53 Å². The number of methoxy groups -OCH3 is 1. The van der Waals surface area contributed by atoms with E-state index in [0.717, 1.165) is 5.56 Å². The number of esters is 1. The van der Waals surface area contributed by atoms with Crippen molar-refractivity contribution in [1.82, 2.24) is 4.98 Å². The molecule has 1 atom stereocenters. The van der Waals surface area contributed by atoms with E-state index in [1.54, 1.807) is 37.3 Å². The second-order valence-corrected chi connectivity index (χ2v) is 7.38. The SMILES string of the molecule is COC(=O)c1c(F)cccc1-c1ccc(C(C)Nc2ncccc2NC(=O)CC(F)(F)F)cc1. The Balaban J connectivity index is 1.79. The van der Waals surface area contributed by atoms with E-state index in [9.17, 15) is 27.2 Å². The van der Waals surface area contributed by atoms with E-state index >= 15 is 0 Å². The van der Waals surface area contributed by atoms with Crippen molar-refractivity contribution in [3.05, 3.63) is 77.7 Å². The van der Waals surface area contributed by atoms with Gasteiger partial charge in [0, 0.05) is 6.20 Å². The maximum Gasteiger partial charge on any atom is 0.397 e. The Bertz CT molecular complexity index is 1180. The molecule has 2 aromatic carbocycles. The summed E-state index contributed by atoms with van der Waals surface area (Å²) in [5.74, 6) is -2.48. The van der Waals surface area contributed by atoms with Gasteiger partial charge in [0.15, 0.2) is 0 Å². The molecule has 0 saturated carbocycles. The van der Waals surface area contributed by atoms with Crippen LogP contribution in [0, 0.1) is 5.82 Å². The number of nitrogens with zero attached hydrogens (tertiary/aromatic N) is 1. The molecule has 1 amide bonds. The Morgan fingerprint density at radius 3 is 2.41 bits per heavy atom. The van der Waals surface area contributed by atoms with Crippen molar-refractivity contribution in [2.45, 2.75) is 25.6 Å². The number of hydrogen-bond donors (Lipinski definition) is 2. The number of aromatic nitrogens is 1. The number of hydrogen-bond acceptors (Lipinski definition) is 5. The van der Waals surface area contributed by atoms with Crippen LogP contribution in [-0.4, -0.2) is 30.1 Å². The zero-order chi connectivity index (χ0) is 24.9. The molecule has 34 heavy (non-hydrogen) atoms. The van der Waals surface area contributed by atoms with Crippen molar-refractivity contribution >= 4 is 23.4 Å². The third-order valence-electron chi connectivity index (χ3n) is 4.92. The first-order chi connectivity index (χ1) is 16.1. The molecule has 0 fully saturated rings. The minimum absolute atomic E-state index is 0.114. The van der Waals surface area contributed by atoms with Crippen molar-refractivity contribution < 1.29 is 31.9 Å². The van der Waals surface area contributed by atoms with Gasteiger partial charge in [0.2, 0.25) is 5.91 Å². The molecule has 1 aromatic heterocycles. The zero-order valence-corrected chi connectivity index (χ0v) is 18.2. The van der Waals surface area contributed by atoms with E-state index in [-0.39, 0.29) is 23.1 Å². The number of ether oxygens (including phenoxy) is 1. The van der Waals surface area contributed by atoms with Crippen LogP contribution in [0.15, 0.2) is 60.8 Å². The average Bonchev–Trinajstić information content (AvgIpc) is 2.78. The quantitative estimate of drug-likeness (QED) is 0.337. The summed E-state index contributed by atoms with van der Waals surface area (Å²) < 4.78 is 56.3. The van der Waals surface area contributed by atoms with Crippen molar-refractivity contribution in [2.75, 3.05) is 17.7 Å². The largest absolute Gasteiger partial charge is 0.465 e. The highest BCUT2D eigenvalue weighted by molar-refractivity contribution is 5.97. The first-order valence-electron chi connectivity index (χ1n) is 10.1. The number of benzene rings is 2. The number of pyridine rings is 1. The molecule has 2 N–H and O–H groups in total. The average molecular weight is 475 g/mol. The van der Waals surface area contributed by atoms with Crippen LogP contribution in [0.2, 0.25) is 0 Å². The predicted octanol–water partition coefficient (Wildman–Crippen LogP) is 5.74. The molecule has 0 aliphatic rings. The van der Waals surface area contributed by atoms with Gasteiger partial charge in [-0.1, -0.05) is 36.4 Å². The lowest BCUT2D eigenvalue weighted by Crippen LogP contribution is -2.22. The van der Waals surface area contributed by atoms with E-state index < -0.39 is 30.3 Å². The highest BCUT2D eigenvalue weighted by atomic mass is 19.4. The maximum absolute atomic E-state index is 14.2. The van der Waals surface area contributed by atoms with E-state index in [1.165, 1.54) is 37.6 Å². The van der Waals surface area contributed by atoms with Gasteiger partial charge >= 0.3 is 12.1 Å². The Hall–Kier alpha value is -3.95. The Labute approximate surface area is 193 Å². The molecular weight excluding hydrogens is 454 g/mol. The van der Waals surface area contributed by atoms with E-state index in [4.69, 9.17) is 0 Å². The van der Waals surface area contributed by atoms with Crippen LogP contribution < -0.4 is 10.6 Å². The van der Waals surface area contributed by atoms with E-state index in [2.05, 4.69) is 20.4 Å². The van der Waals surface area contributed by atoms with Crippen LogP contribution in [0.5, 0.6) is 0 Å². The number of nitrogens with one attached hydrogen (secondary N) is 2. The lowest BCUT2D eigenvalue weighted by Gasteiger charge is -2.18. The highest BCUT2D eigenvalue weighted by Crippen LogP contribution is 2.30. The number of alkyl halides is 3. The molecular formula is C24H21F4N3O3. The van der Waals surface area contributed by atoms with Gasteiger partial charge < -0.3 is 15.4 Å². The summed E-state index contributed by atoms with van der Waals surface area (Å²) in [5.41, 5.74) is 1.68. The number of halogens is 4. The monoisotopic (exact) mass is 475 g/mol. The van der Waals surface area contributed by atoms with Gasteiger partial charge in [-0.25, -0.2) is 14.2 Å². The minimum atomic E-state index is -4.62. The summed E-state index contributed by atoms with van der Waals surface area (Å²) in [5, 5.41) is 5.28. The molecule has 0 aliphatic carbocycles. The molecule has 10 heteroatoms. The second-order valence-electron chi connectivity index (χ2n) is 7.38. The normalized spacial score (nSPS) is 12.1. The molecule has 6 nitrogen and oxygen atoms in total. The van der Waals surface area contributed by atoms with Gasteiger partial charge in [-0.05, 0) is 41.8 Å². The molecule has 0 aliphatic heterocycles. The highest BCUT2D eigenvalue weighted by Gasteiger charge is 2.31. The first-order valence-corrected chi connectivity index (χ1v) is 10.1. The smallest absolute Gasteiger partial charge is 0.397 e. The fourth-order valence-electron chi connectivity index (χ4n) is 3.31. The number of carbonyl (C=O) groups excluding carboxylic acids is 2. The third-order valence-corrected chi connectivity index (χ3v) is 4.92. The Morgan fingerprint density at radius 2 is 1.76 bits per heavy atom. The standard InChI is InChI=1S/C24H21F4N3O3/c1-14(30-22-19(7-4-12-29-22)31-20(32)13-24(26,27)28)15-8-10-16(11-9-15)17-5-3-6-18(25)21(17)23(33)34-2/h3-12,14H,13H2,1-2H3,(H,29,30)(H,31,32).